The average molecular weight is 237 g/mol. The molecular weight excluding hydrogens is 210 g/mol. The van der Waals surface area contributed by atoms with Crippen molar-refractivity contribution in [3.63, 3.8) is 0 Å². The molecule has 1 aliphatic carbocycles. The van der Waals surface area contributed by atoms with Gasteiger partial charge in [0.1, 0.15) is 0 Å². The molecule has 2 fully saturated rings. The van der Waals surface area contributed by atoms with Crippen molar-refractivity contribution in [2.24, 2.45) is 11.7 Å². The molecule has 1 saturated heterocycles. The largest absolute Gasteiger partial charge is 0.388 e. The third kappa shape index (κ3) is 3.01. The van der Waals surface area contributed by atoms with Crippen molar-refractivity contribution in [2.45, 2.75) is 70.4 Å². The Morgan fingerprint density at radius 1 is 1.29 bits per heavy atom. The highest BCUT2D eigenvalue weighted by atomic mass is 15.2. The summed E-state index contributed by atoms with van der Waals surface area (Å²) in [5.41, 5.74) is 5.60. The fourth-order valence-corrected chi connectivity index (χ4v) is 3.87. The van der Waals surface area contributed by atoms with E-state index in [4.69, 9.17) is 11.1 Å². The summed E-state index contributed by atoms with van der Waals surface area (Å²) >= 11 is 0. The van der Waals surface area contributed by atoms with Crippen molar-refractivity contribution in [2.75, 3.05) is 6.54 Å². The number of nitrogens with zero attached hydrogens (tertiary/aromatic N) is 1. The maximum atomic E-state index is 7.53. The van der Waals surface area contributed by atoms with Gasteiger partial charge in [-0.05, 0) is 44.6 Å². The molecule has 0 aromatic carbocycles. The summed E-state index contributed by atoms with van der Waals surface area (Å²) in [6, 6.07) is 1.31. The van der Waals surface area contributed by atoms with Gasteiger partial charge in [-0.15, -0.1) is 0 Å². The molecule has 3 N–H and O–H groups in total. The first-order chi connectivity index (χ1) is 8.22. The van der Waals surface area contributed by atoms with E-state index in [9.17, 15) is 0 Å². The maximum Gasteiger partial charge on any atom is 0.0921 e. The van der Waals surface area contributed by atoms with E-state index >= 15 is 0 Å². The van der Waals surface area contributed by atoms with Crippen LogP contribution in [0.5, 0.6) is 0 Å². The zero-order chi connectivity index (χ0) is 12.3. The van der Waals surface area contributed by atoms with Crippen LogP contribution in [0.1, 0.15) is 58.3 Å². The van der Waals surface area contributed by atoms with Gasteiger partial charge < -0.3 is 5.73 Å². The molecule has 2 rings (SSSR count). The number of fused-ring (bicyclic) bond motifs is 1. The quantitative estimate of drug-likeness (QED) is 0.583. The minimum atomic E-state index is 0.356. The van der Waals surface area contributed by atoms with Gasteiger partial charge in [-0.3, -0.25) is 10.3 Å². The second-order valence-electron chi connectivity index (χ2n) is 5.78. The molecule has 1 aliphatic heterocycles. The number of rotatable bonds is 4. The molecule has 0 spiro atoms. The number of likely N-dealkylation sites (tertiary alicyclic amines) is 1. The Kier molecular flexibility index (Phi) is 4.43. The summed E-state index contributed by atoms with van der Waals surface area (Å²) in [6.45, 7) is 3.47. The van der Waals surface area contributed by atoms with E-state index < -0.39 is 0 Å². The third-order valence-electron chi connectivity index (χ3n) is 4.68. The highest BCUT2D eigenvalue weighted by Gasteiger charge is 2.36. The van der Waals surface area contributed by atoms with Gasteiger partial charge in [-0.1, -0.05) is 19.8 Å². The van der Waals surface area contributed by atoms with Gasteiger partial charge in [0, 0.05) is 18.5 Å². The lowest BCUT2D eigenvalue weighted by Crippen LogP contribution is -2.52. The number of nitrogens with one attached hydrogen (secondary N) is 1. The van der Waals surface area contributed by atoms with Crippen LogP contribution in [0, 0.1) is 11.3 Å². The Morgan fingerprint density at radius 3 is 2.71 bits per heavy atom. The molecule has 3 heteroatoms. The Labute approximate surface area is 105 Å². The first-order valence-corrected chi connectivity index (χ1v) is 7.31. The molecule has 0 aromatic rings. The monoisotopic (exact) mass is 237 g/mol. The van der Waals surface area contributed by atoms with Crippen LogP contribution in [0.3, 0.4) is 0 Å². The topological polar surface area (TPSA) is 53.1 Å². The molecule has 0 amide bonds. The summed E-state index contributed by atoms with van der Waals surface area (Å²) in [4.78, 5) is 2.69. The first-order valence-electron chi connectivity index (χ1n) is 7.31. The Bertz CT molecular complexity index is 262. The van der Waals surface area contributed by atoms with Crippen LogP contribution in [0.25, 0.3) is 0 Å². The third-order valence-corrected chi connectivity index (χ3v) is 4.68. The molecular formula is C14H27N3. The van der Waals surface area contributed by atoms with Crippen molar-refractivity contribution in [3.8, 4) is 0 Å². The van der Waals surface area contributed by atoms with Gasteiger partial charge >= 0.3 is 0 Å². The fourth-order valence-electron chi connectivity index (χ4n) is 3.87. The van der Waals surface area contributed by atoms with E-state index in [2.05, 4.69) is 11.8 Å². The molecule has 1 heterocycles. The number of hydrogen-bond donors (Lipinski definition) is 2. The zero-order valence-corrected chi connectivity index (χ0v) is 11.1. The van der Waals surface area contributed by atoms with Gasteiger partial charge in [0.25, 0.3) is 0 Å². The van der Waals surface area contributed by atoms with Crippen LogP contribution in [0.4, 0.5) is 0 Å². The zero-order valence-electron chi connectivity index (χ0n) is 11.1. The number of nitrogens with two attached hydrogens (primary N) is 1. The van der Waals surface area contributed by atoms with Gasteiger partial charge in [0.2, 0.25) is 0 Å². The standard InChI is InChI=1S/C14H27N3/c1-2-12(10-14(15)16)17-9-5-7-11-6-3-4-8-13(11)17/h11-13H,2-10H2,1H3,(H3,15,16). The summed E-state index contributed by atoms with van der Waals surface area (Å²) in [6.07, 6.45) is 10.3. The van der Waals surface area contributed by atoms with Gasteiger partial charge in [-0.2, -0.15) is 0 Å². The van der Waals surface area contributed by atoms with E-state index in [1.54, 1.807) is 0 Å². The van der Waals surface area contributed by atoms with Gasteiger partial charge in [0.05, 0.1) is 5.84 Å². The van der Waals surface area contributed by atoms with Crippen molar-refractivity contribution >= 4 is 5.84 Å². The Hall–Kier alpha value is -0.570. The van der Waals surface area contributed by atoms with Crippen LogP contribution in [-0.4, -0.2) is 29.4 Å². The predicted molar refractivity (Wildman–Crippen MR) is 72.3 cm³/mol. The number of piperidine rings is 1. The lowest BCUT2D eigenvalue weighted by atomic mass is 9.77. The van der Waals surface area contributed by atoms with Crippen LogP contribution in [0.15, 0.2) is 0 Å². The van der Waals surface area contributed by atoms with E-state index in [1.807, 2.05) is 0 Å². The number of amidine groups is 1. The van der Waals surface area contributed by atoms with Crippen LogP contribution in [0.2, 0.25) is 0 Å². The first kappa shape index (κ1) is 12.9. The lowest BCUT2D eigenvalue weighted by molar-refractivity contribution is 0.0264. The van der Waals surface area contributed by atoms with Crippen molar-refractivity contribution in [1.82, 2.24) is 4.90 Å². The normalized spacial score (nSPS) is 31.8. The second-order valence-corrected chi connectivity index (χ2v) is 5.78. The summed E-state index contributed by atoms with van der Waals surface area (Å²) in [5.74, 6) is 1.29. The number of hydrogen-bond acceptors (Lipinski definition) is 2. The van der Waals surface area contributed by atoms with Gasteiger partial charge in [-0.25, -0.2) is 0 Å². The smallest absolute Gasteiger partial charge is 0.0921 e. The predicted octanol–water partition coefficient (Wildman–Crippen LogP) is 2.75. The van der Waals surface area contributed by atoms with Crippen molar-refractivity contribution < 1.29 is 0 Å². The molecule has 3 atom stereocenters. The molecule has 17 heavy (non-hydrogen) atoms. The average Bonchev–Trinajstić information content (AvgIpc) is 2.35. The maximum absolute atomic E-state index is 7.53. The Morgan fingerprint density at radius 2 is 2.00 bits per heavy atom. The van der Waals surface area contributed by atoms with E-state index in [-0.39, 0.29) is 0 Å². The Balaban J connectivity index is 2.03. The SMILES string of the molecule is CCC(CC(=N)N)N1CCCC2CCCCC21. The summed E-state index contributed by atoms with van der Waals surface area (Å²) in [7, 11) is 0. The van der Waals surface area contributed by atoms with E-state index in [1.165, 1.54) is 45.1 Å². The summed E-state index contributed by atoms with van der Waals surface area (Å²) < 4.78 is 0. The lowest BCUT2D eigenvalue weighted by Gasteiger charge is -2.47. The fraction of sp³-hybridized carbons (Fsp3) is 0.929. The molecule has 0 aromatic heterocycles. The molecule has 1 saturated carbocycles. The van der Waals surface area contributed by atoms with E-state index in [0.29, 0.717) is 11.9 Å². The van der Waals surface area contributed by atoms with Crippen LogP contribution in [-0.2, 0) is 0 Å². The molecule has 98 valence electrons. The highest BCUT2D eigenvalue weighted by molar-refractivity contribution is 5.77. The molecule has 3 nitrogen and oxygen atoms in total. The molecule has 0 bridgehead atoms. The molecule has 3 unspecified atom stereocenters. The highest BCUT2D eigenvalue weighted by Crippen LogP contribution is 2.37. The minimum absolute atomic E-state index is 0.356. The minimum Gasteiger partial charge on any atom is -0.388 e. The second kappa shape index (κ2) is 5.85. The molecule has 0 radical (unpaired) electrons. The van der Waals surface area contributed by atoms with Crippen LogP contribution >= 0.6 is 0 Å². The van der Waals surface area contributed by atoms with Crippen molar-refractivity contribution in [3.05, 3.63) is 0 Å². The van der Waals surface area contributed by atoms with Gasteiger partial charge in [0.15, 0.2) is 0 Å². The summed E-state index contributed by atoms with van der Waals surface area (Å²) in [5, 5.41) is 7.53. The molecule has 2 aliphatic rings. The van der Waals surface area contributed by atoms with Crippen molar-refractivity contribution in [1.29, 1.82) is 5.41 Å². The van der Waals surface area contributed by atoms with Crippen LogP contribution < -0.4 is 5.73 Å². The van der Waals surface area contributed by atoms with E-state index in [0.717, 1.165) is 24.8 Å².